The van der Waals surface area contributed by atoms with Crippen molar-refractivity contribution >= 4 is 0 Å². The molecule has 0 radical (unpaired) electrons. The van der Waals surface area contributed by atoms with Gasteiger partial charge in [0.05, 0.1) is 6.04 Å². The number of nitrogens with zero attached hydrogens (tertiary/aromatic N) is 3. The zero-order valence-electron chi connectivity index (χ0n) is 7.32. The highest BCUT2D eigenvalue weighted by molar-refractivity contribution is 5.02. The lowest BCUT2D eigenvalue weighted by Crippen LogP contribution is -2.35. The Morgan fingerprint density at radius 1 is 1.33 bits per heavy atom. The van der Waals surface area contributed by atoms with Gasteiger partial charge in [-0.05, 0) is 32.1 Å². The summed E-state index contributed by atoms with van der Waals surface area (Å²) in [5, 5.41) is 4.44. The second-order valence-electron chi connectivity index (χ2n) is 3.96. The van der Waals surface area contributed by atoms with Crippen LogP contribution in [0.4, 0.5) is 0 Å². The van der Waals surface area contributed by atoms with E-state index in [1.807, 2.05) is 6.92 Å². The first kappa shape index (κ1) is 6.63. The minimum atomic E-state index is 0.704. The molecule has 12 heavy (non-hydrogen) atoms. The third-order valence-electron chi connectivity index (χ3n) is 3.24. The van der Waals surface area contributed by atoms with Crippen LogP contribution in [0, 0.1) is 12.8 Å². The van der Waals surface area contributed by atoms with Gasteiger partial charge in [-0.25, -0.2) is 9.67 Å². The van der Waals surface area contributed by atoms with E-state index >= 15 is 0 Å². The van der Waals surface area contributed by atoms with Crippen LogP contribution in [0.5, 0.6) is 0 Å². The number of hydrogen-bond acceptors (Lipinski definition) is 2. The molecule has 64 valence electrons. The molecule has 1 aliphatic heterocycles. The summed E-state index contributed by atoms with van der Waals surface area (Å²) >= 11 is 0. The van der Waals surface area contributed by atoms with Crippen molar-refractivity contribution in [1.29, 1.82) is 0 Å². The van der Waals surface area contributed by atoms with Crippen LogP contribution in [0.25, 0.3) is 0 Å². The predicted octanol–water partition coefficient (Wildman–Crippen LogP) is 1.48. The zero-order valence-corrected chi connectivity index (χ0v) is 7.32. The van der Waals surface area contributed by atoms with Crippen molar-refractivity contribution in [2.75, 3.05) is 0 Å². The molecule has 0 saturated heterocycles. The fourth-order valence-corrected chi connectivity index (χ4v) is 2.43. The van der Waals surface area contributed by atoms with Crippen LogP contribution in [0.15, 0.2) is 0 Å². The predicted molar refractivity (Wildman–Crippen MR) is 44.8 cm³/mol. The van der Waals surface area contributed by atoms with Crippen LogP contribution in [0.2, 0.25) is 0 Å². The molecule has 0 amide bonds. The van der Waals surface area contributed by atoms with Crippen molar-refractivity contribution in [3.05, 3.63) is 11.6 Å². The van der Waals surface area contributed by atoms with Crippen molar-refractivity contribution in [2.45, 2.75) is 38.6 Å². The molecule has 1 saturated carbocycles. The molecule has 1 aromatic heterocycles. The fraction of sp³-hybridized carbons (Fsp3) is 0.778. The highest BCUT2D eigenvalue weighted by atomic mass is 15.4. The molecule has 0 bridgehead atoms. The van der Waals surface area contributed by atoms with Crippen LogP contribution in [-0.4, -0.2) is 14.8 Å². The maximum absolute atomic E-state index is 4.44. The normalized spacial score (nSPS) is 32.1. The lowest BCUT2D eigenvalue weighted by atomic mass is 9.75. The second-order valence-corrected chi connectivity index (χ2v) is 3.96. The summed E-state index contributed by atoms with van der Waals surface area (Å²) in [5.74, 6) is 3.07. The van der Waals surface area contributed by atoms with Crippen LogP contribution in [0.3, 0.4) is 0 Å². The lowest BCUT2D eigenvalue weighted by molar-refractivity contribution is 0.129. The molecule has 2 atom stereocenters. The maximum Gasteiger partial charge on any atom is 0.147 e. The van der Waals surface area contributed by atoms with Crippen molar-refractivity contribution in [3.8, 4) is 0 Å². The third kappa shape index (κ3) is 0.713. The molecule has 2 heterocycles. The Morgan fingerprint density at radius 2 is 2.25 bits per heavy atom. The van der Waals surface area contributed by atoms with E-state index < -0.39 is 0 Å². The smallest absolute Gasteiger partial charge is 0.147 e. The van der Waals surface area contributed by atoms with E-state index in [9.17, 15) is 0 Å². The van der Waals surface area contributed by atoms with Crippen molar-refractivity contribution in [1.82, 2.24) is 14.8 Å². The van der Waals surface area contributed by atoms with Gasteiger partial charge in [0.25, 0.3) is 0 Å². The largest absolute Gasteiger partial charge is 0.247 e. The summed E-state index contributed by atoms with van der Waals surface area (Å²) < 4.78 is 2.17. The van der Waals surface area contributed by atoms with Crippen LogP contribution in [-0.2, 0) is 6.42 Å². The van der Waals surface area contributed by atoms with Gasteiger partial charge in [0.1, 0.15) is 11.6 Å². The molecule has 2 unspecified atom stereocenters. The molecule has 1 aromatic rings. The van der Waals surface area contributed by atoms with Crippen molar-refractivity contribution in [2.24, 2.45) is 5.92 Å². The molecule has 1 fully saturated rings. The molecule has 3 heteroatoms. The summed E-state index contributed by atoms with van der Waals surface area (Å²) in [6.45, 7) is 1.99. The standard InChI is InChI=1S/C9H13N3/c1-6-10-9-5-3-7-2-4-8(7)12(9)11-6/h7-8H,2-5H2,1H3. The molecule has 1 aliphatic carbocycles. The van der Waals surface area contributed by atoms with Gasteiger partial charge in [-0.3, -0.25) is 0 Å². The average Bonchev–Trinajstić information content (AvgIpc) is 2.29. The SMILES string of the molecule is Cc1nc2n(n1)C1CCC1CC2. The van der Waals surface area contributed by atoms with E-state index in [0.717, 1.165) is 18.2 Å². The Kier molecular flexibility index (Phi) is 1.15. The number of aromatic nitrogens is 3. The van der Waals surface area contributed by atoms with Gasteiger partial charge < -0.3 is 0 Å². The lowest BCUT2D eigenvalue weighted by Gasteiger charge is -2.40. The second kappa shape index (κ2) is 2.09. The number of fused-ring (bicyclic) bond motifs is 3. The fourth-order valence-electron chi connectivity index (χ4n) is 2.43. The van der Waals surface area contributed by atoms with E-state index in [-0.39, 0.29) is 0 Å². The quantitative estimate of drug-likeness (QED) is 0.580. The number of rotatable bonds is 0. The van der Waals surface area contributed by atoms with Gasteiger partial charge >= 0.3 is 0 Å². The molecule has 0 spiro atoms. The van der Waals surface area contributed by atoms with E-state index in [2.05, 4.69) is 14.8 Å². The Labute approximate surface area is 71.8 Å². The monoisotopic (exact) mass is 163 g/mol. The van der Waals surface area contributed by atoms with Crippen LogP contribution < -0.4 is 0 Å². The summed E-state index contributed by atoms with van der Waals surface area (Å²) in [6, 6.07) is 0.704. The number of hydrogen-bond donors (Lipinski definition) is 0. The number of aryl methyl sites for hydroxylation is 2. The molecule has 0 N–H and O–H groups in total. The first-order chi connectivity index (χ1) is 5.84. The summed E-state index contributed by atoms with van der Waals surface area (Å²) in [5.41, 5.74) is 0. The Morgan fingerprint density at radius 3 is 3.00 bits per heavy atom. The molecular formula is C9H13N3. The molecule has 2 aliphatic rings. The van der Waals surface area contributed by atoms with E-state index in [1.54, 1.807) is 0 Å². The van der Waals surface area contributed by atoms with Gasteiger partial charge in [0.15, 0.2) is 0 Å². The van der Waals surface area contributed by atoms with E-state index in [4.69, 9.17) is 0 Å². The zero-order chi connectivity index (χ0) is 8.13. The first-order valence-electron chi connectivity index (χ1n) is 4.76. The Balaban J connectivity index is 2.07. The molecule has 0 aromatic carbocycles. The molecule has 3 rings (SSSR count). The van der Waals surface area contributed by atoms with Gasteiger partial charge in [-0.15, -0.1) is 0 Å². The summed E-state index contributed by atoms with van der Waals surface area (Å²) in [7, 11) is 0. The highest BCUT2D eigenvalue weighted by Crippen LogP contribution is 2.44. The van der Waals surface area contributed by atoms with Crippen molar-refractivity contribution in [3.63, 3.8) is 0 Å². The van der Waals surface area contributed by atoms with Gasteiger partial charge in [0, 0.05) is 6.42 Å². The molecular weight excluding hydrogens is 150 g/mol. The van der Waals surface area contributed by atoms with E-state index in [0.29, 0.717) is 6.04 Å². The first-order valence-corrected chi connectivity index (χ1v) is 4.76. The van der Waals surface area contributed by atoms with Crippen LogP contribution >= 0.6 is 0 Å². The Hall–Kier alpha value is -0.860. The average molecular weight is 163 g/mol. The van der Waals surface area contributed by atoms with Gasteiger partial charge in [-0.2, -0.15) is 5.10 Å². The van der Waals surface area contributed by atoms with Gasteiger partial charge in [0.2, 0.25) is 0 Å². The topological polar surface area (TPSA) is 30.7 Å². The van der Waals surface area contributed by atoms with Crippen molar-refractivity contribution < 1.29 is 0 Å². The summed E-state index contributed by atoms with van der Waals surface area (Å²) in [6.07, 6.45) is 5.20. The Bertz CT molecular complexity index is 316. The minimum Gasteiger partial charge on any atom is -0.247 e. The maximum atomic E-state index is 4.44. The third-order valence-corrected chi connectivity index (χ3v) is 3.24. The molecule has 3 nitrogen and oxygen atoms in total. The van der Waals surface area contributed by atoms with Crippen LogP contribution in [0.1, 0.15) is 37.0 Å². The van der Waals surface area contributed by atoms with E-state index in [1.165, 1.54) is 25.1 Å². The van der Waals surface area contributed by atoms with Gasteiger partial charge in [-0.1, -0.05) is 0 Å². The highest BCUT2D eigenvalue weighted by Gasteiger charge is 2.37. The minimum absolute atomic E-state index is 0.704. The summed E-state index contributed by atoms with van der Waals surface area (Å²) in [4.78, 5) is 4.42.